The van der Waals surface area contributed by atoms with E-state index >= 15 is 0 Å². The zero-order valence-corrected chi connectivity index (χ0v) is 12.1. The van der Waals surface area contributed by atoms with Gasteiger partial charge in [-0.05, 0) is 12.8 Å². The van der Waals surface area contributed by atoms with Gasteiger partial charge in [0.1, 0.15) is 8.51 Å². The first kappa shape index (κ1) is 14.7. The van der Waals surface area contributed by atoms with Crippen molar-refractivity contribution >= 4 is 8.51 Å². The third-order valence-corrected chi connectivity index (χ3v) is 3.86. The maximum Gasteiger partial charge on any atom is 0.129 e. The third kappa shape index (κ3) is 8.37. The van der Waals surface area contributed by atoms with Gasteiger partial charge in [0.15, 0.2) is 0 Å². The van der Waals surface area contributed by atoms with E-state index in [-0.39, 0.29) is 0 Å². The summed E-state index contributed by atoms with van der Waals surface area (Å²) in [7, 11) is 1.01. The van der Waals surface area contributed by atoms with Crippen LogP contribution in [0.1, 0.15) is 76.8 Å². The van der Waals surface area contributed by atoms with E-state index in [9.17, 15) is 0 Å². The minimum atomic E-state index is 1.01. The first-order chi connectivity index (χ1) is 8.43. The topological polar surface area (TPSA) is 28.7 Å². The predicted molar refractivity (Wildman–Crippen MR) is 76.6 cm³/mol. The van der Waals surface area contributed by atoms with Crippen molar-refractivity contribution in [2.75, 3.05) is 0 Å². The van der Waals surface area contributed by atoms with E-state index in [0.29, 0.717) is 0 Å². The Hall–Kier alpha value is -0.360. The van der Waals surface area contributed by atoms with Gasteiger partial charge in [-0.2, -0.15) is 0 Å². The van der Waals surface area contributed by atoms with Gasteiger partial charge in [0.25, 0.3) is 0 Å². The smallest absolute Gasteiger partial charge is 0.129 e. The predicted octanol–water partition coefficient (Wildman–Crippen LogP) is 5.45. The average molecular weight is 254 g/mol. The Morgan fingerprint density at radius 1 is 0.941 bits per heavy atom. The van der Waals surface area contributed by atoms with E-state index in [0.717, 1.165) is 14.9 Å². The Morgan fingerprint density at radius 2 is 1.53 bits per heavy atom. The van der Waals surface area contributed by atoms with Gasteiger partial charge in [-0.1, -0.05) is 64.7 Å². The SMILES string of the molecule is CCCCCCCCCCCCc1c[nH]pn1. The highest BCUT2D eigenvalue weighted by Crippen LogP contribution is 2.12. The van der Waals surface area contributed by atoms with Crippen LogP contribution in [0.4, 0.5) is 0 Å². The van der Waals surface area contributed by atoms with E-state index in [1.54, 1.807) is 0 Å². The summed E-state index contributed by atoms with van der Waals surface area (Å²) in [6.07, 6.45) is 17.3. The molecule has 0 aliphatic heterocycles. The van der Waals surface area contributed by atoms with Gasteiger partial charge in [0.05, 0.1) is 5.69 Å². The lowest BCUT2D eigenvalue weighted by atomic mass is 10.1. The normalized spacial score (nSPS) is 11.4. The van der Waals surface area contributed by atoms with Gasteiger partial charge in [-0.15, -0.1) is 0 Å². The summed E-state index contributed by atoms with van der Waals surface area (Å²) in [6.45, 7) is 2.28. The summed E-state index contributed by atoms with van der Waals surface area (Å²) in [5.74, 6) is 0. The Labute approximate surface area is 108 Å². The molecule has 0 bridgehead atoms. The van der Waals surface area contributed by atoms with Gasteiger partial charge < -0.3 is 4.75 Å². The molecule has 1 aromatic heterocycles. The maximum atomic E-state index is 4.33. The van der Waals surface area contributed by atoms with Crippen LogP contribution in [0.3, 0.4) is 0 Å². The molecule has 0 aromatic carbocycles. The van der Waals surface area contributed by atoms with E-state index in [1.807, 2.05) is 0 Å². The van der Waals surface area contributed by atoms with Gasteiger partial charge in [0.2, 0.25) is 0 Å². The van der Waals surface area contributed by atoms with E-state index in [2.05, 4.69) is 22.6 Å². The lowest BCUT2D eigenvalue weighted by Gasteiger charge is -2.01. The van der Waals surface area contributed by atoms with E-state index in [1.165, 1.54) is 69.9 Å². The van der Waals surface area contributed by atoms with Crippen LogP contribution >= 0.6 is 8.51 Å². The van der Waals surface area contributed by atoms with E-state index < -0.39 is 0 Å². The summed E-state index contributed by atoms with van der Waals surface area (Å²) in [4.78, 5) is 0. The summed E-state index contributed by atoms with van der Waals surface area (Å²) < 4.78 is 7.44. The van der Waals surface area contributed by atoms with Crippen LogP contribution in [0.25, 0.3) is 0 Å². The number of hydrogen-bond donors (Lipinski definition) is 1. The minimum absolute atomic E-state index is 1.01. The number of aromatic nitrogens is 2. The Morgan fingerprint density at radius 3 is 2.06 bits per heavy atom. The number of aromatic amines is 1. The summed E-state index contributed by atoms with van der Waals surface area (Å²) in [5, 5.41) is 0. The van der Waals surface area contributed by atoms with Crippen LogP contribution in [0.5, 0.6) is 0 Å². The maximum absolute atomic E-state index is 4.33. The fraction of sp³-hybridized carbons (Fsp3) is 0.857. The van der Waals surface area contributed by atoms with Gasteiger partial charge in [-0.3, -0.25) is 0 Å². The standard InChI is InChI=1S/C14H27N2P/c1-2-3-4-5-6-7-8-9-10-11-12-14-13-15-17-16-14/h13H,2-12H2,1H3,(H,15,16). The molecule has 0 saturated heterocycles. The molecule has 1 rings (SSSR count). The molecule has 0 aliphatic carbocycles. The van der Waals surface area contributed by atoms with Crippen LogP contribution in [-0.2, 0) is 6.42 Å². The number of aryl methyl sites for hydroxylation is 1. The second-order valence-electron chi connectivity index (χ2n) is 4.90. The Bertz CT molecular complexity index is 247. The number of nitrogens with one attached hydrogen (secondary N) is 1. The van der Waals surface area contributed by atoms with Crippen molar-refractivity contribution in [2.45, 2.75) is 77.6 Å². The van der Waals surface area contributed by atoms with Crippen LogP contribution < -0.4 is 0 Å². The highest BCUT2D eigenvalue weighted by atomic mass is 31.1. The molecule has 0 amide bonds. The Kier molecular flexibility index (Phi) is 9.32. The third-order valence-electron chi connectivity index (χ3n) is 3.25. The largest absolute Gasteiger partial charge is 0.328 e. The monoisotopic (exact) mass is 254 g/mol. The van der Waals surface area contributed by atoms with E-state index in [4.69, 9.17) is 0 Å². The molecular formula is C14H27N2P. The summed E-state index contributed by atoms with van der Waals surface area (Å²) in [6, 6.07) is 0. The van der Waals surface area contributed by atoms with Crippen LogP contribution in [0, 0.1) is 0 Å². The van der Waals surface area contributed by atoms with Gasteiger partial charge in [0, 0.05) is 6.20 Å². The van der Waals surface area contributed by atoms with Crippen LogP contribution in [0.2, 0.25) is 0 Å². The molecule has 1 aromatic rings. The molecule has 0 atom stereocenters. The fourth-order valence-corrected chi connectivity index (χ4v) is 2.69. The highest BCUT2D eigenvalue weighted by molar-refractivity contribution is 7.20. The number of H-pyrrole nitrogens is 1. The molecular weight excluding hydrogens is 227 g/mol. The number of rotatable bonds is 11. The van der Waals surface area contributed by atoms with Crippen LogP contribution in [-0.4, -0.2) is 9.49 Å². The van der Waals surface area contributed by atoms with Crippen LogP contribution in [0.15, 0.2) is 6.20 Å². The number of nitrogens with zero attached hydrogens (tertiary/aromatic N) is 1. The molecule has 1 heterocycles. The highest BCUT2D eigenvalue weighted by Gasteiger charge is 1.95. The molecule has 1 N–H and O–H groups in total. The van der Waals surface area contributed by atoms with Crippen molar-refractivity contribution in [3.8, 4) is 0 Å². The zero-order valence-electron chi connectivity index (χ0n) is 11.2. The molecule has 17 heavy (non-hydrogen) atoms. The molecule has 2 nitrogen and oxygen atoms in total. The number of hydrogen-bond acceptors (Lipinski definition) is 1. The molecule has 0 aliphatic rings. The lowest BCUT2D eigenvalue weighted by Crippen LogP contribution is -1.86. The first-order valence-electron chi connectivity index (χ1n) is 7.29. The molecule has 0 saturated carbocycles. The van der Waals surface area contributed by atoms with Crippen molar-refractivity contribution in [3.63, 3.8) is 0 Å². The fourth-order valence-electron chi connectivity index (χ4n) is 2.14. The Balaban J connectivity index is 1.76. The average Bonchev–Trinajstić information content (AvgIpc) is 2.85. The molecule has 0 unspecified atom stereocenters. The van der Waals surface area contributed by atoms with Crippen molar-refractivity contribution in [1.29, 1.82) is 0 Å². The number of unbranched alkanes of at least 4 members (excludes halogenated alkanes) is 9. The quantitative estimate of drug-likeness (QED) is 0.522. The molecule has 0 fully saturated rings. The second-order valence-corrected chi connectivity index (χ2v) is 5.55. The summed E-state index contributed by atoms with van der Waals surface area (Å²) >= 11 is 0. The van der Waals surface area contributed by atoms with Crippen molar-refractivity contribution in [2.24, 2.45) is 0 Å². The molecule has 0 radical (unpaired) electrons. The molecule has 3 heteroatoms. The molecule has 0 spiro atoms. The zero-order chi connectivity index (χ0) is 12.2. The summed E-state index contributed by atoms with van der Waals surface area (Å²) in [5.41, 5.74) is 1.26. The minimum Gasteiger partial charge on any atom is -0.328 e. The van der Waals surface area contributed by atoms with Gasteiger partial charge in [-0.25, -0.2) is 4.75 Å². The van der Waals surface area contributed by atoms with Crippen molar-refractivity contribution in [1.82, 2.24) is 9.49 Å². The van der Waals surface area contributed by atoms with Crippen molar-refractivity contribution in [3.05, 3.63) is 11.9 Å². The van der Waals surface area contributed by atoms with Crippen molar-refractivity contribution < 1.29 is 0 Å². The lowest BCUT2D eigenvalue weighted by molar-refractivity contribution is 0.555. The van der Waals surface area contributed by atoms with Gasteiger partial charge >= 0.3 is 0 Å². The molecule has 98 valence electrons. The second kappa shape index (κ2) is 10.8. The first-order valence-corrected chi connectivity index (χ1v) is 8.13.